The first kappa shape index (κ1) is 12.9. The molecular weight excluding hydrogens is 226 g/mol. The lowest BCUT2D eigenvalue weighted by Gasteiger charge is -2.14. The van der Waals surface area contributed by atoms with E-state index in [0.29, 0.717) is 6.61 Å². The molecule has 0 saturated carbocycles. The fourth-order valence-electron chi connectivity index (χ4n) is 1.11. The molecule has 0 aliphatic carbocycles. The van der Waals surface area contributed by atoms with Gasteiger partial charge < -0.3 is 14.9 Å². The molecule has 0 saturated heterocycles. The first-order valence-corrected chi connectivity index (χ1v) is 8.83. The van der Waals surface area contributed by atoms with Gasteiger partial charge in [-0.1, -0.05) is 19.6 Å². The third kappa shape index (κ3) is 4.11. The molecule has 0 aliphatic rings. The smallest absolute Gasteiger partial charge is 0.344 e. The summed E-state index contributed by atoms with van der Waals surface area (Å²) in [5, 5.41) is 10.6. The van der Waals surface area contributed by atoms with Crippen molar-refractivity contribution in [2.24, 2.45) is 0 Å². The van der Waals surface area contributed by atoms with Crippen LogP contribution in [0.2, 0.25) is 25.7 Å². The molecule has 0 bridgehead atoms. The van der Waals surface area contributed by atoms with Gasteiger partial charge in [0.1, 0.15) is 6.20 Å². The van der Waals surface area contributed by atoms with Gasteiger partial charge in [-0.2, -0.15) is 4.57 Å². The molecule has 1 aromatic heterocycles. The van der Waals surface area contributed by atoms with Crippen molar-refractivity contribution in [2.75, 3.05) is 6.61 Å². The zero-order valence-electron chi connectivity index (χ0n) is 9.84. The molecule has 90 valence electrons. The Balaban J connectivity index is 2.38. The number of hydrogen-bond donors (Lipinski definition) is 0. The van der Waals surface area contributed by atoms with E-state index in [2.05, 4.69) is 24.6 Å². The average molecular weight is 243 g/mol. The van der Waals surface area contributed by atoms with Gasteiger partial charge in [-0.15, -0.1) is 0 Å². The Morgan fingerprint density at radius 3 is 2.81 bits per heavy atom. The Kier molecular flexibility index (Phi) is 4.19. The van der Waals surface area contributed by atoms with E-state index in [1.54, 1.807) is 0 Å². The predicted molar refractivity (Wildman–Crippen MR) is 63.0 cm³/mol. The zero-order valence-corrected chi connectivity index (χ0v) is 10.8. The Hall–Kier alpha value is -1.21. The highest BCUT2D eigenvalue weighted by Crippen LogP contribution is 2.11. The summed E-state index contributed by atoms with van der Waals surface area (Å²) in [6.07, 6.45) is 2.63. The van der Waals surface area contributed by atoms with Crippen LogP contribution in [-0.4, -0.2) is 29.2 Å². The minimum atomic E-state index is -1.10. The van der Waals surface area contributed by atoms with E-state index >= 15 is 0 Å². The summed E-state index contributed by atoms with van der Waals surface area (Å²) < 4.78 is 6.79. The van der Waals surface area contributed by atoms with Crippen LogP contribution in [0.15, 0.2) is 12.5 Å². The van der Waals surface area contributed by atoms with E-state index in [-0.39, 0.29) is 12.5 Å². The largest absolute Gasteiger partial charge is 0.358 e. The van der Waals surface area contributed by atoms with Gasteiger partial charge in [0.15, 0.2) is 13.1 Å². The number of rotatable bonds is 6. The molecule has 0 atom stereocenters. The van der Waals surface area contributed by atoms with E-state index in [0.717, 1.165) is 6.04 Å². The quantitative estimate of drug-likeness (QED) is 0.332. The molecule has 0 N–H and O–H groups in total. The standard InChI is InChI=1S/C9H17N3O3Si/c1-16(2,3)5-4-15-8-11-7-10-6-9(11)12(13)14/h6-7H,4-5,8H2,1-3H3. The zero-order chi connectivity index (χ0) is 12.2. The number of aromatic nitrogens is 2. The van der Waals surface area contributed by atoms with Crippen molar-refractivity contribution in [2.45, 2.75) is 32.4 Å². The van der Waals surface area contributed by atoms with Crippen LogP contribution >= 0.6 is 0 Å². The highest BCUT2D eigenvalue weighted by molar-refractivity contribution is 6.76. The lowest BCUT2D eigenvalue weighted by atomic mass is 10.7. The first-order chi connectivity index (χ1) is 7.40. The van der Waals surface area contributed by atoms with E-state index in [4.69, 9.17) is 4.74 Å². The van der Waals surface area contributed by atoms with E-state index in [9.17, 15) is 10.1 Å². The van der Waals surface area contributed by atoms with Crippen LogP contribution < -0.4 is 0 Å². The summed E-state index contributed by atoms with van der Waals surface area (Å²) in [6.45, 7) is 7.62. The lowest BCUT2D eigenvalue weighted by Crippen LogP contribution is -2.22. The Bertz CT molecular complexity index is 359. The van der Waals surface area contributed by atoms with Gasteiger partial charge in [0, 0.05) is 14.7 Å². The Morgan fingerprint density at radius 1 is 1.56 bits per heavy atom. The molecule has 0 unspecified atom stereocenters. The molecular formula is C9H17N3O3Si. The maximum Gasteiger partial charge on any atom is 0.344 e. The Morgan fingerprint density at radius 2 is 2.25 bits per heavy atom. The summed E-state index contributed by atoms with van der Waals surface area (Å²) >= 11 is 0. The third-order valence-corrected chi connectivity index (χ3v) is 3.81. The molecule has 1 aromatic rings. The van der Waals surface area contributed by atoms with E-state index in [1.807, 2.05) is 0 Å². The minimum Gasteiger partial charge on any atom is -0.358 e. The fourth-order valence-corrected chi connectivity index (χ4v) is 1.86. The van der Waals surface area contributed by atoms with Gasteiger partial charge in [-0.25, -0.2) is 4.98 Å². The molecule has 7 heteroatoms. The van der Waals surface area contributed by atoms with Crippen LogP contribution in [0.1, 0.15) is 0 Å². The monoisotopic (exact) mass is 243 g/mol. The summed E-state index contributed by atoms with van der Waals surface area (Å²) in [5.74, 6) is -0.0343. The van der Waals surface area contributed by atoms with E-state index in [1.165, 1.54) is 17.1 Å². The second-order valence-corrected chi connectivity index (χ2v) is 10.4. The van der Waals surface area contributed by atoms with E-state index < -0.39 is 13.0 Å². The van der Waals surface area contributed by atoms with Gasteiger partial charge in [-0.05, 0) is 11.0 Å². The van der Waals surface area contributed by atoms with Crippen LogP contribution in [0, 0.1) is 10.1 Å². The van der Waals surface area contributed by atoms with Gasteiger partial charge in [-0.3, -0.25) is 0 Å². The molecule has 1 rings (SSSR count). The number of nitro groups is 1. The first-order valence-electron chi connectivity index (χ1n) is 5.12. The maximum absolute atomic E-state index is 10.6. The van der Waals surface area contributed by atoms with Crippen molar-refractivity contribution >= 4 is 13.9 Å². The SMILES string of the molecule is C[Si](C)(C)CCOCn1cncc1[N+](=O)[O-]. The van der Waals surface area contributed by atoms with Crippen LogP contribution in [0.25, 0.3) is 0 Å². The molecule has 1 heterocycles. The second kappa shape index (κ2) is 5.22. The molecule has 16 heavy (non-hydrogen) atoms. The molecule has 0 fully saturated rings. The third-order valence-electron chi connectivity index (χ3n) is 2.10. The Labute approximate surface area is 95.4 Å². The normalized spacial score (nSPS) is 11.7. The van der Waals surface area contributed by atoms with Gasteiger partial charge in [0.25, 0.3) is 0 Å². The van der Waals surface area contributed by atoms with Crippen molar-refractivity contribution in [3.8, 4) is 0 Å². The number of hydrogen-bond acceptors (Lipinski definition) is 4. The topological polar surface area (TPSA) is 70.2 Å². The molecule has 0 aliphatic heterocycles. The molecule has 0 aromatic carbocycles. The summed E-state index contributed by atoms with van der Waals surface area (Å²) in [6, 6.07) is 1.05. The van der Waals surface area contributed by atoms with Crippen molar-refractivity contribution < 1.29 is 9.66 Å². The number of ether oxygens (including phenoxy) is 1. The molecule has 6 nitrogen and oxygen atoms in total. The lowest BCUT2D eigenvalue weighted by molar-refractivity contribution is -0.393. The summed E-state index contributed by atoms with van der Waals surface area (Å²) in [4.78, 5) is 13.8. The highest BCUT2D eigenvalue weighted by atomic mass is 28.3. The van der Waals surface area contributed by atoms with Gasteiger partial charge in [0.05, 0.1) is 0 Å². The van der Waals surface area contributed by atoms with Crippen molar-refractivity contribution in [3.63, 3.8) is 0 Å². The van der Waals surface area contributed by atoms with Gasteiger partial charge >= 0.3 is 5.82 Å². The number of imidazole rings is 1. The van der Waals surface area contributed by atoms with Crippen LogP contribution in [0.3, 0.4) is 0 Å². The van der Waals surface area contributed by atoms with Crippen LogP contribution in [0.5, 0.6) is 0 Å². The van der Waals surface area contributed by atoms with Crippen LogP contribution in [-0.2, 0) is 11.5 Å². The highest BCUT2D eigenvalue weighted by Gasteiger charge is 2.14. The van der Waals surface area contributed by atoms with Crippen molar-refractivity contribution in [3.05, 3.63) is 22.6 Å². The molecule has 0 radical (unpaired) electrons. The summed E-state index contributed by atoms with van der Waals surface area (Å²) in [7, 11) is -1.10. The maximum atomic E-state index is 10.6. The van der Waals surface area contributed by atoms with Crippen molar-refractivity contribution in [1.29, 1.82) is 0 Å². The summed E-state index contributed by atoms with van der Waals surface area (Å²) in [5.41, 5.74) is 0. The fraction of sp³-hybridized carbons (Fsp3) is 0.667. The molecule has 0 spiro atoms. The second-order valence-electron chi connectivity index (χ2n) is 4.83. The van der Waals surface area contributed by atoms with Crippen LogP contribution in [0.4, 0.5) is 5.82 Å². The minimum absolute atomic E-state index is 0.0343. The predicted octanol–water partition coefficient (Wildman–Crippen LogP) is 2.10. The van der Waals surface area contributed by atoms with Gasteiger partial charge in [0.2, 0.25) is 0 Å². The van der Waals surface area contributed by atoms with Crippen molar-refractivity contribution in [1.82, 2.24) is 9.55 Å². The molecule has 0 amide bonds. The number of nitrogens with zero attached hydrogens (tertiary/aromatic N) is 3. The average Bonchev–Trinajstić information content (AvgIpc) is 2.58.